The normalized spacial score (nSPS) is 15.3. The van der Waals surface area contributed by atoms with Crippen LogP contribution in [0.15, 0.2) is 72.8 Å². The zero-order valence-corrected chi connectivity index (χ0v) is 24.1. The van der Waals surface area contributed by atoms with Crippen LogP contribution in [-0.4, -0.2) is 40.0 Å². The van der Waals surface area contributed by atoms with Gasteiger partial charge in [0, 0.05) is 35.4 Å². The molecule has 7 nitrogen and oxygen atoms in total. The average Bonchev–Trinajstić information content (AvgIpc) is 3.53. The summed E-state index contributed by atoms with van der Waals surface area (Å²) in [6.07, 6.45) is -0.574. The van der Waals surface area contributed by atoms with Crippen LogP contribution < -0.4 is 9.47 Å². The summed E-state index contributed by atoms with van der Waals surface area (Å²) >= 11 is 0. The number of nitrogens with zero attached hydrogens (tertiary/aromatic N) is 3. The van der Waals surface area contributed by atoms with E-state index < -0.39 is 16.7 Å². The molecule has 2 aliphatic heterocycles. The second kappa shape index (κ2) is 11.7. The Morgan fingerprint density at radius 3 is 1.53 bits per heavy atom. The van der Waals surface area contributed by atoms with E-state index in [0.29, 0.717) is 19.0 Å². The second-order valence-corrected chi connectivity index (χ2v) is 10.6. The lowest BCUT2D eigenvalue weighted by atomic mass is 10.1. The Morgan fingerprint density at radius 1 is 0.721 bits per heavy atom. The Bertz CT molecular complexity index is 1760. The van der Waals surface area contributed by atoms with Crippen molar-refractivity contribution in [1.82, 2.24) is 0 Å². The van der Waals surface area contributed by atoms with E-state index in [1.165, 1.54) is 29.8 Å². The van der Waals surface area contributed by atoms with Crippen molar-refractivity contribution in [2.75, 3.05) is 13.5 Å². The smallest absolute Gasteiger partial charge is 0.416 e. The van der Waals surface area contributed by atoms with Crippen LogP contribution in [0.2, 0.25) is 0 Å². The zero-order chi connectivity index (χ0) is 30.9. The number of alkyl halides is 3. The van der Waals surface area contributed by atoms with Crippen LogP contribution in [0.5, 0.6) is 11.5 Å². The summed E-state index contributed by atoms with van der Waals surface area (Å²) in [7, 11) is 0. The molecule has 2 heterocycles. The summed E-state index contributed by atoms with van der Waals surface area (Å²) in [5, 5.41) is 10.7. The fraction of sp³-hybridized carbons (Fsp3) is 0.212. The van der Waals surface area contributed by atoms with Crippen LogP contribution >= 0.6 is 0 Å². The maximum Gasteiger partial charge on any atom is 0.416 e. The van der Waals surface area contributed by atoms with Crippen LogP contribution in [0.25, 0.3) is 0 Å². The van der Waals surface area contributed by atoms with E-state index in [2.05, 4.69) is 19.1 Å². The van der Waals surface area contributed by atoms with Crippen molar-refractivity contribution in [1.29, 1.82) is 0 Å². The van der Waals surface area contributed by atoms with Gasteiger partial charge in [-0.2, -0.15) is 22.3 Å². The number of halogens is 3. The van der Waals surface area contributed by atoms with Gasteiger partial charge in [0.25, 0.3) is 30.5 Å². The molecule has 0 radical (unpaired) electrons. The van der Waals surface area contributed by atoms with Crippen LogP contribution in [0.4, 0.5) is 30.2 Å². The van der Waals surface area contributed by atoms with E-state index in [4.69, 9.17) is 9.47 Å². The SMILES string of the molecule is Cc1cc(C)c2c(c1)/[N+](=C\c1ccc(C(F)(F)F)cc1)CO2.Cc1cc(C)c2c(c1)/[N+](=C\c1ccc([N+](=O)[O-])cc1)CO2. The molecule has 10 heteroatoms. The number of ether oxygens (including phenoxy) is 2. The molecule has 0 aromatic heterocycles. The van der Waals surface area contributed by atoms with Crippen LogP contribution in [0.1, 0.15) is 38.9 Å². The zero-order valence-electron chi connectivity index (χ0n) is 24.1. The molecule has 0 spiro atoms. The Kier molecular flexibility index (Phi) is 8.04. The van der Waals surface area contributed by atoms with Gasteiger partial charge in [0.2, 0.25) is 11.5 Å². The Hall–Kier alpha value is -4.99. The third-order valence-corrected chi connectivity index (χ3v) is 7.07. The Labute approximate surface area is 246 Å². The molecule has 0 fully saturated rings. The highest BCUT2D eigenvalue weighted by Gasteiger charge is 2.31. The van der Waals surface area contributed by atoms with E-state index in [0.717, 1.165) is 57.3 Å². The van der Waals surface area contributed by atoms with E-state index in [1.54, 1.807) is 18.3 Å². The predicted molar refractivity (Wildman–Crippen MR) is 158 cm³/mol. The lowest BCUT2D eigenvalue weighted by molar-refractivity contribution is -0.453. The highest BCUT2D eigenvalue weighted by atomic mass is 19.4. The lowest BCUT2D eigenvalue weighted by Gasteiger charge is -2.05. The fourth-order valence-corrected chi connectivity index (χ4v) is 5.09. The molecule has 0 N–H and O–H groups in total. The van der Waals surface area contributed by atoms with Crippen LogP contribution in [0, 0.1) is 37.8 Å². The number of aryl methyl sites for hydroxylation is 4. The van der Waals surface area contributed by atoms with Crippen molar-refractivity contribution in [2.45, 2.75) is 33.9 Å². The standard InChI is InChI=1S/C17H15F3NO.C16H15N2O3/c1-11-7-12(2)16-15(8-11)21(10-22-16)9-13-3-5-14(6-4-13)17(18,19)20;1-11-7-12(2)16-15(8-11)17(10-21-16)9-13-3-5-14(6-4-13)18(19)20/h3-9H,10H2,1-2H3;3-9H,10H2,1-2H3/q2*+1/b21-9-;17-9-. The maximum atomic E-state index is 12.6. The van der Waals surface area contributed by atoms with Gasteiger partial charge in [-0.3, -0.25) is 10.1 Å². The molecular formula is C33H30F3N3O4+2. The van der Waals surface area contributed by atoms with Crippen molar-refractivity contribution in [3.63, 3.8) is 0 Å². The molecule has 0 amide bonds. The molecule has 2 aliphatic rings. The monoisotopic (exact) mass is 589 g/mol. The minimum Gasteiger partial charge on any atom is -0.429 e. The van der Waals surface area contributed by atoms with Crippen molar-refractivity contribution in [3.8, 4) is 11.5 Å². The number of hydrogen-bond donors (Lipinski definition) is 0. The molecule has 0 aliphatic carbocycles. The second-order valence-electron chi connectivity index (χ2n) is 10.6. The van der Waals surface area contributed by atoms with Gasteiger partial charge in [0.1, 0.15) is 0 Å². The molecule has 0 saturated carbocycles. The number of rotatable bonds is 3. The molecule has 0 bridgehead atoms. The number of fused-ring (bicyclic) bond motifs is 2. The van der Waals surface area contributed by atoms with Gasteiger partial charge >= 0.3 is 6.18 Å². The molecule has 4 aromatic rings. The van der Waals surface area contributed by atoms with E-state index in [1.807, 2.05) is 48.3 Å². The molecule has 6 rings (SSSR count). The van der Waals surface area contributed by atoms with Crippen molar-refractivity contribution < 1.29 is 36.7 Å². The van der Waals surface area contributed by atoms with Crippen molar-refractivity contribution in [3.05, 3.63) is 122 Å². The summed E-state index contributed by atoms with van der Waals surface area (Å²) in [5.41, 5.74) is 7.49. The lowest BCUT2D eigenvalue weighted by Crippen LogP contribution is -2.08. The molecule has 220 valence electrons. The first kappa shape index (κ1) is 29.5. The third-order valence-electron chi connectivity index (χ3n) is 7.07. The fourth-order valence-electron chi connectivity index (χ4n) is 5.09. The quantitative estimate of drug-likeness (QED) is 0.139. The Morgan fingerprint density at radius 2 is 1.14 bits per heavy atom. The molecular weight excluding hydrogens is 559 g/mol. The summed E-state index contributed by atoms with van der Waals surface area (Å²) < 4.78 is 53.0. The number of nitro benzene ring substituents is 1. The first-order valence-electron chi connectivity index (χ1n) is 13.5. The first-order chi connectivity index (χ1) is 20.4. The van der Waals surface area contributed by atoms with Gasteiger partial charge in [-0.05, 0) is 86.3 Å². The maximum absolute atomic E-state index is 12.6. The number of nitro groups is 1. The molecule has 0 unspecified atom stereocenters. The summed E-state index contributed by atoms with van der Waals surface area (Å²) in [6, 6.07) is 19.8. The Balaban J connectivity index is 0.000000171. The minimum absolute atomic E-state index is 0.0944. The van der Waals surface area contributed by atoms with Gasteiger partial charge in [-0.1, -0.05) is 12.1 Å². The number of benzene rings is 4. The largest absolute Gasteiger partial charge is 0.429 e. The molecule has 0 atom stereocenters. The van der Waals surface area contributed by atoms with Crippen molar-refractivity contribution in [2.24, 2.45) is 0 Å². The van der Waals surface area contributed by atoms with E-state index >= 15 is 0 Å². The van der Waals surface area contributed by atoms with Gasteiger partial charge in [-0.25, -0.2) is 0 Å². The van der Waals surface area contributed by atoms with Crippen molar-refractivity contribution >= 4 is 29.5 Å². The number of non-ortho nitro benzene ring substituents is 1. The third kappa shape index (κ3) is 6.58. The number of hydrogen-bond acceptors (Lipinski definition) is 4. The van der Waals surface area contributed by atoms with Gasteiger partial charge in [0.15, 0.2) is 12.4 Å². The molecule has 43 heavy (non-hydrogen) atoms. The van der Waals surface area contributed by atoms with Crippen LogP contribution in [-0.2, 0) is 6.18 Å². The summed E-state index contributed by atoms with van der Waals surface area (Å²) in [5.74, 6) is 1.73. The van der Waals surface area contributed by atoms with E-state index in [-0.39, 0.29) is 5.69 Å². The topological polar surface area (TPSA) is 67.6 Å². The summed E-state index contributed by atoms with van der Waals surface area (Å²) in [6.45, 7) is 8.88. The van der Waals surface area contributed by atoms with Gasteiger partial charge in [0.05, 0.1) is 10.5 Å². The molecule has 4 aromatic carbocycles. The first-order valence-corrected chi connectivity index (χ1v) is 13.5. The van der Waals surface area contributed by atoms with Gasteiger partial charge < -0.3 is 9.47 Å². The summed E-state index contributed by atoms with van der Waals surface area (Å²) in [4.78, 5) is 10.3. The van der Waals surface area contributed by atoms with E-state index in [9.17, 15) is 23.3 Å². The van der Waals surface area contributed by atoms with Crippen LogP contribution in [0.3, 0.4) is 0 Å². The van der Waals surface area contributed by atoms with Gasteiger partial charge in [-0.15, -0.1) is 0 Å². The molecule has 0 saturated heterocycles. The highest BCUT2D eigenvalue weighted by Crippen LogP contribution is 2.38. The highest BCUT2D eigenvalue weighted by molar-refractivity contribution is 5.78. The minimum atomic E-state index is -4.31. The average molecular weight is 590 g/mol. The predicted octanol–water partition coefficient (Wildman–Crippen LogP) is 7.76.